The molecule has 0 atom stereocenters. The van der Waals surface area contributed by atoms with Gasteiger partial charge in [0.15, 0.2) is 5.57 Å². The molecule has 9 aromatic rings. The van der Waals surface area contributed by atoms with Crippen LogP contribution >= 0.6 is 0 Å². The summed E-state index contributed by atoms with van der Waals surface area (Å²) in [5.41, 5.74) is 6.87. The van der Waals surface area contributed by atoms with E-state index in [1.54, 1.807) is 65.0 Å². The first-order chi connectivity index (χ1) is 54.3. The minimum Gasteiger partial charge on any atom is -0.501 e. The number of carbonyl (C=O) groups is 7. The number of carboxylic acid groups (broad SMARTS) is 1. The highest BCUT2D eigenvalue weighted by Gasteiger charge is 2.22. The number of hydrogen-bond donors (Lipinski definition) is 11. The molecule has 618 valence electrons. The van der Waals surface area contributed by atoms with Crippen molar-refractivity contribution in [3.8, 4) is 0 Å². The number of nitrogens with zero attached hydrogens (tertiary/aromatic N) is 6. The van der Waals surface area contributed by atoms with Crippen LogP contribution in [0.5, 0.6) is 0 Å². The summed E-state index contributed by atoms with van der Waals surface area (Å²) in [6.07, 6.45) is 24.2. The van der Waals surface area contributed by atoms with Gasteiger partial charge in [-0.15, -0.1) is 0 Å². The topological polar surface area (TPSA) is 523 Å². The highest BCUT2D eigenvalue weighted by atomic mass is 16.7. The first-order valence-corrected chi connectivity index (χ1v) is 35.7. The predicted octanol–water partition coefficient (Wildman–Crippen LogP) is 9.07. The molecule has 0 aliphatic carbocycles. The normalized spacial score (nSPS) is 9.08. The zero-order valence-electron chi connectivity index (χ0n) is 67.3. The number of carboxylic acids is 1. The number of hydrogen-bond acceptors (Lipinski definition) is 28. The van der Waals surface area contributed by atoms with Crippen molar-refractivity contribution in [2.75, 3.05) is 50.7 Å². The van der Waals surface area contributed by atoms with Gasteiger partial charge in [-0.25, -0.2) is 33.6 Å². The molecule has 36 heteroatoms. The van der Waals surface area contributed by atoms with Crippen LogP contribution in [0.25, 0.3) is 32.7 Å². The maximum Gasteiger partial charge on any atom is 0.373 e. The van der Waals surface area contributed by atoms with E-state index in [9.17, 15) is 58.4 Å². The number of rotatable bonds is 17. The lowest BCUT2D eigenvalue weighted by molar-refractivity contribution is -0.904. The molecule has 113 heavy (non-hydrogen) atoms. The second-order valence-corrected chi connectivity index (χ2v) is 18.6. The van der Waals surface area contributed by atoms with Gasteiger partial charge in [-0.1, -0.05) is 90.0 Å². The Labute approximate surface area is 654 Å². The van der Waals surface area contributed by atoms with Crippen LogP contribution in [0.3, 0.4) is 0 Å². The molecule has 0 spiro atoms. The molecule has 0 amide bonds. The van der Waals surface area contributed by atoms with Crippen molar-refractivity contribution >= 4 is 92.0 Å². The van der Waals surface area contributed by atoms with E-state index in [1.165, 1.54) is 130 Å². The van der Waals surface area contributed by atoms with Crippen LogP contribution < -0.4 is 52.2 Å². The molecule has 0 saturated heterocycles. The first-order valence-electron chi connectivity index (χ1n) is 35.7. The summed E-state index contributed by atoms with van der Waals surface area (Å²) in [7, 11) is 0. The molecule has 0 aliphatic rings. The molecule has 0 fully saturated rings. The van der Waals surface area contributed by atoms with Gasteiger partial charge in [0.05, 0.1) is 80.3 Å². The fourth-order valence-electron chi connectivity index (χ4n) is 7.32. The van der Waals surface area contributed by atoms with Crippen molar-refractivity contribution < 1.29 is 121 Å². The highest BCUT2D eigenvalue weighted by Crippen LogP contribution is 2.11. The summed E-state index contributed by atoms with van der Waals surface area (Å²) < 4.78 is 32.2. The molecule has 9 rings (SSSR count). The Balaban J connectivity index is -0.000000394. The SMILES string of the molecule is CC.CC.CC.CC.CC.CC.CCO/C=C(/CC)C(=O)OCC.CCOC(=O)C(=CNc1ccc[n+](O)c1)C(=O)OCC.CCOC(=O)c1c[nH]c2c[n+](O)ccc2c1=O.CCOC(=O)c1c[nH]c2cnccc2c1=O.NOC(=O)c1ccc[n+](O)c1.Nc1ccc[n+](O)c1.O=C(O)c1c[nH]c2cnccc2c1=O.O=C=O. The lowest BCUT2D eigenvalue weighted by Gasteiger charge is -2.06. The van der Waals surface area contributed by atoms with Gasteiger partial charge in [0.25, 0.3) is 0 Å². The maximum atomic E-state index is 11.9. The van der Waals surface area contributed by atoms with E-state index in [0.29, 0.717) is 69.3 Å². The number of anilines is 2. The van der Waals surface area contributed by atoms with E-state index in [4.69, 9.17) is 59.3 Å². The van der Waals surface area contributed by atoms with Crippen molar-refractivity contribution in [1.29, 1.82) is 0 Å². The second kappa shape index (κ2) is 67.6. The number of aromatic nitrogens is 9. The third-order valence-corrected chi connectivity index (χ3v) is 11.8. The lowest BCUT2D eigenvalue weighted by atomic mass is 10.2. The Morgan fingerprint density at radius 1 is 0.487 bits per heavy atom. The molecule has 0 aromatic carbocycles. The number of H-pyrrole nitrogens is 3. The minimum atomic E-state index is -1.23. The van der Waals surface area contributed by atoms with Crippen LogP contribution in [0.2, 0.25) is 0 Å². The number of nitrogens with two attached hydrogens (primary N) is 2. The molecule has 0 radical (unpaired) electrons. The summed E-state index contributed by atoms with van der Waals surface area (Å²) in [5.74, 6) is -0.397. The molecule has 0 aliphatic heterocycles. The van der Waals surface area contributed by atoms with E-state index < -0.39 is 46.7 Å². The molecule has 0 saturated carbocycles. The zero-order valence-corrected chi connectivity index (χ0v) is 67.3. The van der Waals surface area contributed by atoms with Gasteiger partial charge in [0, 0.05) is 91.1 Å². The third kappa shape index (κ3) is 42.5. The van der Waals surface area contributed by atoms with E-state index >= 15 is 0 Å². The van der Waals surface area contributed by atoms with Crippen LogP contribution in [0.15, 0.2) is 186 Å². The van der Waals surface area contributed by atoms with Gasteiger partial charge in [-0.3, -0.25) is 45.2 Å². The highest BCUT2D eigenvalue weighted by molar-refractivity contribution is 6.14. The molecule has 0 bridgehead atoms. The van der Waals surface area contributed by atoms with Crippen molar-refractivity contribution in [2.45, 2.75) is 138 Å². The fourth-order valence-corrected chi connectivity index (χ4v) is 7.32. The fraction of sp³-hybridized carbons (Fsp3) is 0.338. The Morgan fingerprint density at radius 2 is 0.876 bits per heavy atom. The largest absolute Gasteiger partial charge is 0.501 e. The quantitative estimate of drug-likeness (QED) is 0.00466. The number of esters is 5. The first kappa shape index (κ1) is 108. The number of aromatic amines is 3. The maximum absolute atomic E-state index is 11.9. The Bertz CT molecular complexity index is 4500. The number of aromatic carboxylic acids is 1. The van der Waals surface area contributed by atoms with E-state index in [-0.39, 0.29) is 71.8 Å². The van der Waals surface area contributed by atoms with Crippen LogP contribution in [0.4, 0.5) is 11.4 Å². The summed E-state index contributed by atoms with van der Waals surface area (Å²) >= 11 is 0. The monoisotopic (exact) mass is 1590 g/mol. The van der Waals surface area contributed by atoms with Gasteiger partial charge < -0.3 is 64.4 Å². The number of fused-ring (bicyclic) bond motifs is 3. The van der Waals surface area contributed by atoms with Crippen LogP contribution in [0, 0.1) is 0 Å². The number of carbonyl (C=O) groups excluding carboxylic acids is 8. The molecule has 13 N–H and O–H groups in total. The Hall–Kier alpha value is -13.8. The van der Waals surface area contributed by atoms with Crippen LogP contribution in [-0.2, 0) is 57.2 Å². The Morgan fingerprint density at radius 3 is 1.27 bits per heavy atom. The van der Waals surface area contributed by atoms with E-state index in [1.807, 2.05) is 96.9 Å². The van der Waals surface area contributed by atoms with Crippen molar-refractivity contribution in [1.82, 2.24) is 24.9 Å². The van der Waals surface area contributed by atoms with Crippen molar-refractivity contribution in [2.24, 2.45) is 5.90 Å². The number of nitrogens with one attached hydrogen (secondary N) is 4. The van der Waals surface area contributed by atoms with Crippen LogP contribution in [0.1, 0.15) is 179 Å². The molecular formula is C77H110N12O24+4. The van der Waals surface area contributed by atoms with Gasteiger partial charge in [0.2, 0.25) is 65.9 Å². The predicted molar refractivity (Wildman–Crippen MR) is 416 cm³/mol. The second-order valence-electron chi connectivity index (χ2n) is 18.6. The third-order valence-electron chi connectivity index (χ3n) is 11.8. The van der Waals surface area contributed by atoms with Gasteiger partial charge in [0.1, 0.15) is 39.1 Å². The number of ether oxygens (including phenoxy) is 6. The average molecular weight is 1590 g/mol. The average Bonchev–Trinajstić information content (AvgIpc) is 0.808. The summed E-state index contributed by atoms with van der Waals surface area (Å²) in [4.78, 5) is 150. The number of nitrogen functional groups attached to an aromatic ring is 1. The van der Waals surface area contributed by atoms with Crippen LogP contribution in [-0.4, -0.2) is 138 Å². The minimum absolute atomic E-state index is 0.0144. The smallest absolute Gasteiger partial charge is 0.373 e. The molecule has 9 aromatic heterocycles. The molecule has 9 heterocycles. The van der Waals surface area contributed by atoms with E-state index in [2.05, 4.69) is 41.0 Å². The molecular weight excluding hydrogens is 1480 g/mol. The summed E-state index contributed by atoms with van der Waals surface area (Å²) in [5, 5.41) is 48.4. The van der Waals surface area contributed by atoms with Gasteiger partial charge in [-0.05, 0) is 78.3 Å². The lowest BCUT2D eigenvalue weighted by Crippen LogP contribution is -2.30. The Kier molecular flexibility index (Phi) is 64.5. The standard InChI is InChI=1S/C13H16N2O5.C11H10N2O4.C11H10N2O3.C9H6N2O3.C9H16O3.C6H7N2O3.C5H7N2O.6C2H6.CO2/c1-3-19-12(16)11(13(17)20-4-2)8-14-10-6-5-7-15(18)9-10;1-2-17-11(15)8-5-12-9-6-13(16)4-3-7(9)10(8)14;1-2-16-11(15)8-5-13-9-6-12-4-3-7(9)10(8)14;12-8-5-1-2-10-4-7(5)11-3-6(8)9(13)14;1-4-8(7-11-5-2)9(10)12-6-3;7-11-6(9)5-2-1-3-8(10)4-5;6-5-2-1-3-7(8)4-5;6*1-2;2-1-3/h5-9H,3-4H2,1-2H3,(H-,14,16,17,18);3-6H,2H2,1H3,(H-,12,14,15,16);3-6H,2H2,1H3,(H,13,14);1-4H,(H,11,12)(H,13,14);7H,4-6H2,1-3H3;1-4,10H,7H2;1-4,8H,6H2;6*1-2H3;/q;;;;;2*+1;;;;;;;/p+2/b;;;;8-7-;;;;;;;;;. The molecule has 0 unspecified atom stereocenters. The van der Waals surface area contributed by atoms with Crippen molar-refractivity contribution in [3.63, 3.8) is 0 Å². The number of pyridine rings is 9. The summed E-state index contributed by atoms with van der Waals surface area (Å²) in [6, 6.07) is 14.0. The molecule has 36 nitrogen and oxygen atoms in total. The summed E-state index contributed by atoms with van der Waals surface area (Å²) in [6.45, 7) is 37.9. The van der Waals surface area contributed by atoms with Gasteiger partial charge >= 0.3 is 47.9 Å². The zero-order chi connectivity index (χ0) is 87.4. The van der Waals surface area contributed by atoms with Crippen molar-refractivity contribution in [3.05, 3.63) is 224 Å². The van der Waals surface area contributed by atoms with Gasteiger partial charge in [-0.2, -0.15) is 15.5 Å². The van der Waals surface area contributed by atoms with E-state index in [0.717, 1.165) is 18.9 Å².